The number of nitrogens with zero attached hydrogens (tertiary/aromatic N) is 4. The van der Waals surface area contributed by atoms with Gasteiger partial charge in [-0.1, -0.05) is 20.8 Å². The molecule has 6 nitrogen and oxygen atoms in total. The van der Waals surface area contributed by atoms with Crippen LogP contribution < -0.4 is 5.32 Å². The molecule has 0 saturated carbocycles. The van der Waals surface area contributed by atoms with E-state index in [2.05, 4.69) is 53.6 Å². The van der Waals surface area contributed by atoms with E-state index < -0.39 is 0 Å². The third kappa shape index (κ3) is 3.05. The number of tetrazole rings is 1. The summed E-state index contributed by atoms with van der Waals surface area (Å²) in [4.78, 5) is 0. The normalized spacial score (nSPS) is 14.3. The smallest absolute Gasteiger partial charge is 0.216 e. The van der Waals surface area contributed by atoms with Gasteiger partial charge in [-0.3, -0.25) is 0 Å². The van der Waals surface area contributed by atoms with Crippen molar-refractivity contribution in [2.24, 2.45) is 5.41 Å². The van der Waals surface area contributed by atoms with Crippen LogP contribution in [-0.2, 0) is 0 Å². The molecule has 0 saturated heterocycles. The maximum atomic E-state index is 8.93. The fourth-order valence-electron chi connectivity index (χ4n) is 0.881. The van der Waals surface area contributed by atoms with Crippen molar-refractivity contribution in [2.45, 2.75) is 33.7 Å². The number of aromatic nitrogens is 4. The van der Waals surface area contributed by atoms with Crippen LogP contribution in [0, 0.1) is 16.7 Å². The molecule has 86 valence electrons. The third-order valence-electron chi connectivity index (χ3n) is 2.48. The molecule has 0 aliphatic rings. The fourth-order valence-corrected chi connectivity index (χ4v) is 0.881. The van der Waals surface area contributed by atoms with E-state index in [-0.39, 0.29) is 11.5 Å². The van der Waals surface area contributed by atoms with Crippen molar-refractivity contribution >= 4 is 5.57 Å². The average molecular weight is 220 g/mol. The molecule has 2 N–H and O–H groups in total. The average Bonchev–Trinajstić information content (AvgIpc) is 2.70. The number of rotatable bonds is 3. The fraction of sp³-hybridized carbons (Fsp3) is 0.600. The zero-order valence-corrected chi connectivity index (χ0v) is 9.94. The van der Waals surface area contributed by atoms with E-state index in [4.69, 9.17) is 5.26 Å². The lowest BCUT2D eigenvalue weighted by molar-refractivity contribution is 0.309. The summed E-state index contributed by atoms with van der Waals surface area (Å²) in [7, 11) is 0. The second-order valence-electron chi connectivity index (χ2n) is 4.66. The van der Waals surface area contributed by atoms with Gasteiger partial charge in [-0.15, -0.1) is 10.2 Å². The first-order chi connectivity index (χ1) is 7.45. The monoisotopic (exact) mass is 220 g/mol. The van der Waals surface area contributed by atoms with Gasteiger partial charge in [-0.05, 0) is 17.6 Å². The Labute approximate surface area is 94.7 Å². The van der Waals surface area contributed by atoms with Crippen LogP contribution in [0.5, 0.6) is 0 Å². The van der Waals surface area contributed by atoms with Crippen LogP contribution in [0.15, 0.2) is 6.20 Å². The minimum Gasteiger partial charge on any atom is -0.387 e. The van der Waals surface area contributed by atoms with Crippen LogP contribution in [0.25, 0.3) is 5.57 Å². The number of hydrogen-bond donors (Lipinski definition) is 2. The molecular weight excluding hydrogens is 204 g/mol. The van der Waals surface area contributed by atoms with E-state index in [1.165, 1.54) is 0 Å². The van der Waals surface area contributed by atoms with Crippen molar-refractivity contribution in [3.05, 3.63) is 12.0 Å². The Bertz CT molecular complexity index is 392. The Morgan fingerprint density at radius 1 is 1.56 bits per heavy atom. The molecule has 1 rings (SSSR count). The van der Waals surface area contributed by atoms with Crippen LogP contribution in [-0.4, -0.2) is 26.7 Å². The second-order valence-corrected chi connectivity index (χ2v) is 4.66. The van der Waals surface area contributed by atoms with Crippen LogP contribution in [0.4, 0.5) is 0 Å². The van der Waals surface area contributed by atoms with Gasteiger partial charge in [0.15, 0.2) is 0 Å². The van der Waals surface area contributed by atoms with E-state index in [1.54, 1.807) is 6.20 Å². The summed E-state index contributed by atoms with van der Waals surface area (Å²) in [5.74, 6) is 0.302. The molecule has 0 aliphatic heterocycles. The highest BCUT2D eigenvalue weighted by atomic mass is 15.5. The highest BCUT2D eigenvalue weighted by molar-refractivity contribution is 5.71. The quantitative estimate of drug-likeness (QED) is 0.744. The van der Waals surface area contributed by atoms with E-state index in [0.29, 0.717) is 11.4 Å². The Balaban J connectivity index is 2.73. The standard InChI is InChI=1S/C10H16N6/c1-7(10(2,3)4)12-6-8(5-11)9-13-15-16-14-9/h6-7,12H,1-4H3,(H,13,14,15,16)/b8-6+/t7-/m1/s1. The minimum absolute atomic E-state index is 0.119. The zero-order chi connectivity index (χ0) is 12.2. The van der Waals surface area contributed by atoms with Gasteiger partial charge in [0, 0.05) is 12.2 Å². The second kappa shape index (κ2) is 4.75. The van der Waals surface area contributed by atoms with Crippen LogP contribution in [0.1, 0.15) is 33.5 Å². The van der Waals surface area contributed by atoms with Gasteiger partial charge in [0.2, 0.25) is 5.82 Å². The van der Waals surface area contributed by atoms with E-state index in [9.17, 15) is 0 Å². The lowest BCUT2D eigenvalue weighted by Gasteiger charge is -2.27. The number of H-pyrrole nitrogens is 1. The highest BCUT2D eigenvalue weighted by Crippen LogP contribution is 2.18. The van der Waals surface area contributed by atoms with Crippen LogP contribution >= 0.6 is 0 Å². The summed E-state index contributed by atoms with van der Waals surface area (Å²) in [6.07, 6.45) is 1.63. The molecule has 6 heteroatoms. The van der Waals surface area contributed by atoms with E-state index >= 15 is 0 Å². The molecule has 0 aromatic carbocycles. The number of hydrogen-bond acceptors (Lipinski definition) is 5. The predicted octanol–water partition coefficient (Wildman–Crippen LogP) is 1.09. The summed E-state index contributed by atoms with van der Waals surface area (Å²) in [6, 6.07) is 2.26. The van der Waals surface area contributed by atoms with Crippen LogP contribution in [0.3, 0.4) is 0 Å². The van der Waals surface area contributed by atoms with Crippen molar-refractivity contribution in [3.63, 3.8) is 0 Å². The van der Waals surface area contributed by atoms with Crippen molar-refractivity contribution in [1.82, 2.24) is 25.9 Å². The van der Waals surface area contributed by atoms with Crippen LogP contribution in [0.2, 0.25) is 0 Å². The maximum absolute atomic E-state index is 8.93. The van der Waals surface area contributed by atoms with Crippen molar-refractivity contribution < 1.29 is 0 Å². The molecular formula is C10H16N6. The Hall–Kier alpha value is -1.90. The molecule has 1 aromatic rings. The van der Waals surface area contributed by atoms with Gasteiger partial charge in [0.1, 0.15) is 11.6 Å². The lowest BCUT2D eigenvalue weighted by atomic mass is 9.88. The maximum Gasteiger partial charge on any atom is 0.216 e. The van der Waals surface area contributed by atoms with Crippen molar-refractivity contribution in [1.29, 1.82) is 5.26 Å². The predicted molar refractivity (Wildman–Crippen MR) is 59.8 cm³/mol. The number of allylic oxidation sites excluding steroid dienone is 1. The molecule has 1 atom stereocenters. The molecule has 0 spiro atoms. The van der Waals surface area contributed by atoms with Gasteiger partial charge in [-0.2, -0.15) is 10.5 Å². The van der Waals surface area contributed by atoms with Gasteiger partial charge in [0.05, 0.1) is 0 Å². The first-order valence-corrected chi connectivity index (χ1v) is 5.05. The molecule has 0 unspecified atom stereocenters. The summed E-state index contributed by atoms with van der Waals surface area (Å²) in [5, 5.41) is 25.3. The molecule has 16 heavy (non-hydrogen) atoms. The summed E-state index contributed by atoms with van der Waals surface area (Å²) < 4.78 is 0. The zero-order valence-electron chi connectivity index (χ0n) is 9.94. The van der Waals surface area contributed by atoms with Crippen molar-refractivity contribution in [2.75, 3.05) is 0 Å². The SMILES string of the molecule is C[C@@H](N/C=C(\C#N)c1nn[nH]n1)C(C)(C)C. The lowest BCUT2D eigenvalue weighted by Crippen LogP contribution is -2.34. The number of nitrogens with one attached hydrogen (secondary N) is 2. The summed E-state index contributed by atoms with van der Waals surface area (Å²) >= 11 is 0. The molecule has 0 bridgehead atoms. The summed E-state index contributed by atoms with van der Waals surface area (Å²) in [6.45, 7) is 8.43. The van der Waals surface area contributed by atoms with E-state index in [0.717, 1.165) is 0 Å². The molecule has 0 fully saturated rings. The molecule has 1 aromatic heterocycles. The molecule has 0 radical (unpaired) electrons. The Kier molecular flexibility index (Phi) is 3.61. The molecule has 1 heterocycles. The largest absolute Gasteiger partial charge is 0.387 e. The highest BCUT2D eigenvalue weighted by Gasteiger charge is 2.18. The summed E-state index contributed by atoms with van der Waals surface area (Å²) in [5.41, 5.74) is 0.485. The first kappa shape index (κ1) is 12.2. The van der Waals surface area contributed by atoms with Gasteiger partial charge < -0.3 is 5.32 Å². The van der Waals surface area contributed by atoms with Gasteiger partial charge >= 0.3 is 0 Å². The topological polar surface area (TPSA) is 90.3 Å². The Morgan fingerprint density at radius 2 is 2.25 bits per heavy atom. The van der Waals surface area contributed by atoms with Gasteiger partial charge in [-0.25, -0.2) is 0 Å². The van der Waals surface area contributed by atoms with Crippen molar-refractivity contribution in [3.8, 4) is 6.07 Å². The minimum atomic E-state index is 0.119. The number of nitriles is 1. The molecule has 0 amide bonds. The van der Waals surface area contributed by atoms with E-state index in [1.807, 2.05) is 6.07 Å². The Morgan fingerprint density at radius 3 is 2.69 bits per heavy atom. The first-order valence-electron chi connectivity index (χ1n) is 5.05. The van der Waals surface area contributed by atoms with Gasteiger partial charge in [0.25, 0.3) is 0 Å². The third-order valence-corrected chi connectivity index (χ3v) is 2.48. The molecule has 0 aliphatic carbocycles. The number of aromatic amines is 1.